The molecule has 0 radical (unpaired) electrons. The largest absolute Gasteiger partial charge is 0.450 e. The van der Waals surface area contributed by atoms with E-state index in [4.69, 9.17) is 4.74 Å². The second kappa shape index (κ2) is 9.19. The van der Waals surface area contributed by atoms with Gasteiger partial charge in [0.2, 0.25) is 0 Å². The molecule has 0 atom stereocenters. The number of carbonyl (C=O) groups excluding carboxylic acids is 2. The number of hydrogen-bond donors (Lipinski definition) is 1. The summed E-state index contributed by atoms with van der Waals surface area (Å²) >= 11 is 0. The summed E-state index contributed by atoms with van der Waals surface area (Å²) in [5.41, 5.74) is 0.755. The summed E-state index contributed by atoms with van der Waals surface area (Å²) in [5, 5.41) is 2.97. The number of rotatable bonds is 4. The second-order valence-corrected chi connectivity index (χ2v) is 7.05. The monoisotopic (exact) mass is 420 g/mol. The maximum absolute atomic E-state index is 12.9. The molecule has 3 rings (SSSR count). The molecule has 0 spiro atoms. The third-order valence-electron chi connectivity index (χ3n) is 5.05. The van der Waals surface area contributed by atoms with Gasteiger partial charge in [0.1, 0.15) is 0 Å². The summed E-state index contributed by atoms with van der Waals surface area (Å²) in [7, 11) is 0. The minimum atomic E-state index is -4.41. The summed E-state index contributed by atoms with van der Waals surface area (Å²) in [5.74, 6) is -0.292. The van der Waals surface area contributed by atoms with Crippen LogP contribution in [-0.4, -0.2) is 42.6 Å². The molecule has 1 aliphatic heterocycles. The van der Waals surface area contributed by atoms with Gasteiger partial charge in [-0.15, -0.1) is 0 Å². The van der Waals surface area contributed by atoms with Crippen molar-refractivity contribution < 1.29 is 27.5 Å². The molecule has 0 bridgehead atoms. The molecule has 160 valence electrons. The molecule has 1 heterocycles. The lowest BCUT2D eigenvalue weighted by Gasteiger charge is -2.31. The van der Waals surface area contributed by atoms with Crippen LogP contribution in [0.5, 0.6) is 0 Å². The summed E-state index contributed by atoms with van der Waals surface area (Å²) in [6.45, 7) is 3.05. The van der Waals surface area contributed by atoms with E-state index in [0.717, 1.165) is 12.1 Å². The minimum absolute atomic E-state index is 0.0937. The van der Waals surface area contributed by atoms with Gasteiger partial charge in [-0.25, -0.2) is 4.79 Å². The van der Waals surface area contributed by atoms with Gasteiger partial charge >= 0.3 is 12.3 Å². The first kappa shape index (κ1) is 21.7. The van der Waals surface area contributed by atoms with Gasteiger partial charge in [0.15, 0.2) is 0 Å². The summed E-state index contributed by atoms with van der Waals surface area (Å²) in [6.07, 6.45) is -3.55. The highest BCUT2D eigenvalue weighted by Gasteiger charge is 2.30. The van der Waals surface area contributed by atoms with E-state index < -0.39 is 11.7 Å². The molecule has 2 aromatic rings. The van der Waals surface area contributed by atoms with Crippen molar-refractivity contribution in [3.63, 3.8) is 0 Å². The van der Waals surface area contributed by atoms with Crippen LogP contribution in [0.2, 0.25) is 0 Å². The van der Waals surface area contributed by atoms with Crippen LogP contribution in [0.3, 0.4) is 0 Å². The Kier molecular flexibility index (Phi) is 6.64. The van der Waals surface area contributed by atoms with Gasteiger partial charge in [-0.05, 0) is 49.1 Å². The normalized spacial score (nSPS) is 15.0. The maximum atomic E-state index is 12.9. The maximum Gasteiger partial charge on any atom is 0.416 e. The molecule has 1 fully saturated rings. The Morgan fingerprint density at radius 2 is 1.70 bits per heavy atom. The number of hydrogen-bond acceptors (Lipinski definition) is 3. The van der Waals surface area contributed by atoms with Crippen molar-refractivity contribution in [2.24, 2.45) is 0 Å². The number of benzene rings is 2. The second-order valence-electron chi connectivity index (χ2n) is 7.05. The molecular formula is C22H23F3N2O3. The van der Waals surface area contributed by atoms with E-state index in [-0.39, 0.29) is 18.0 Å². The quantitative estimate of drug-likeness (QED) is 0.779. The van der Waals surface area contributed by atoms with Crippen LogP contribution < -0.4 is 5.32 Å². The van der Waals surface area contributed by atoms with Gasteiger partial charge in [0.25, 0.3) is 5.91 Å². The Balaban J connectivity index is 1.69. The van der Waals surface area contributed by atoms with E-state index in [1.807, 2.05) is 0 Å². The first-order chi connectivity index (χ1) is 14.3. The van der Waals surface area contributed by atoms with E-state index in [2.05, 4.69) is 5.32 Å². The lowest BCUT2D eigenvalue weighted by Crippen LogP contribution is -2.46. The third kappa shape index (κ3) is 5.11. The van der Waals surface area contributed by atoms with Crippen LogP contribution in [0.4, 0.5) is 18.0 Å². The number of piperidine rings is 1. The highest BCUT2D eigenvalue weighted by molar-refractivity contribution is 6.01. The SMILES string of the molecule is CCOC(=O)N1CCC(NC(=O)c2ccccc2-c2ccc(C(F)(F)F)cc2)CC1. The number of halogens is 3. The Morgan fingerprint density at radius 3 is 2.30 bits per heavy atom. The Hall–Kier alpha value is -3.03. The third-order valence-corrected chi connectivity index (χ3v) is 5.05. The molecule has 2 aromatic carbocycles. The van der Waals surface area contributed by atoms with Gasteiger partial charge in [-0.1, -0.05) is 30.3 Å². The van der Waals surface area contributed by atoms with Crippen molar-refractivity contribution in [1.82, 2.24) is 10.2 Å². The number of ether oxygens (including phenoxy) is 1. The molecule has 2 amide bonds. The van der Waals surface area contributed by atoms with E-state index in [1.165, 1.54) is 12.1 Å². The van der Waals surface area contributed by atoms with E-state index in [9.17, 15) is 22.8 Å². The van der Waals surface area contributed by atoms with E-state index >= 15 is 0 Å². The molecular weight excluding hydrogens is 397 g/mol. The van der Waals surface area contributed by atoms with Crippen LogP contribution in [0.25, 0.3) is 11.1 Å². The molecule has 1 N–H and O–H groups in total. The molecule has 8 heteroatoms. The molecule has 0 saturated carbocycles. The minimum Gasteiger partial charge on any atom is -0.450 e. The van der Waals surface area contributed by atoms with Crippen LogP contribution in [-0.2, 0) is 10.9 Å². The van der Waals surface area contributed by atoms with Crippen molar-refractivity contribution in [2.75, 3.05) is 19.7 Å². The topological polar surface area (TPSA) is 58.6 Å². The smallest absolute Gasteiger partial charge is 0.416 e. The molecule has 30 heavy (non-hydrogen) atoms. The summed E-state index contributed by atoms with van der Waals surface area (Å²) in [6, 6.07) is 11.5. The fourth-order valence-corrected chi connectivity index (χ4v) is 3.46. The van der Waals surface area contributed by atoms with Crippen LogP contribution in [0.15, 0.2) is 48.5 Å². The number of likely N-dealkylation sites (tertiary alicyclic amines) is 1. The standard InChI is InChI=1S/C22H23F3N2O3/c1-2-30-21(29)27-13-11-17(12-14-27)26-20(28)19-6-4-3-5-18(19)15-7-9-16(10-8-15)22(23,24)25/h3-10,17H,2,11-14H2,1H3,(H,26,28). The summed E-state index contributed by atoms with van der Waals surface area (Å²) < 4.78 is 43.4. The number of amides is 2. The number of alkyl halides is 3. The fourth-order valence-electron chi connectivity index (χ4n) is 3.46. The van der Waals surface area contributed by atoms with Gasteiger partial charge in [0.05, 0.1) is 12.2 Å². The zero-order valence-corrected chi connectivity index (χ0v) is 16.5. The van der Waals surface area contributed by atoms with Gasteiger partial charge < -0.3 is 15.0 Å². The predicted molar refractivity (Wildman–Crippen MR) is 106 cm³/mol. The number of carbonyl (C=O) groups is 2. The summed E-state index contributed by atoms with van der Waals surface area (Å²) in [4.78, 5) is 26.3. The van der Waals surface area contributed by atoms with E-state index in [0.29, 0.717) is 49.2 Å². The lowest BCUT2D eigenvalue weighted by molar-refractivity contribution is -0.137. The van der Waals surface area contributed by atoms with Crippen molar-refractivity contribution in [1.29, 1.82) is 0 Å². The zero-order valence-electron chi connectivity index (χ0n) is 16.5. The van der Waals surface area contributed by atoms with Crippen molar-refractivity contribution in [2.45, 2.75) is 32.0 Å². The molecule has 1 saturated heterocycles. The predicted octanol–water partition coefficient (Wildman–Crippen LogP) is 4.72. The molecule has 0 aromatic heterocycles. The van der Waals surface area contributed by atoms with Gasteiger partial charge in [-0.3, -0.25) is 4.79 Å². The van der Waals surface area contributed by atoms with E-state index in [1.54, 1.807) is 36.1 Å². The fraction of sp³-hybridized carbons (Fsp3) is 0.364. The van der Waals surface area contributed by atoms with Gasteiger partial charge in [-0.2, -0.15) is 13.2 Å². The Labute approximate surface area is 172 Å². The zero-order chi connectivity index (χ0) is 21.7. The molecule has 0 unspecified atom stereocenters. The highest BCUT2D eigenvalue weighted by Crippen LogP contribution is 2.32. The number of nitrogens with zero attached hydrogens (tertiary/aromatic N) is 1. The van der Waals surface area contributed by atoms with Gasteiger partial charge in [0, 0.05) is 24.7 Å². The highest BCUT2D eigenvalue weighted by atomic mass is 19.4. The lowest BCUT2D eigenvalue weighted by atomic mass is 9.97. The van der Waals surface area contributed by atoms with Crippen LogP contribution in [0.1, 0.15) is 35.7 Å². The number of nitrogens with one attached hydrogen (secondary N) is 1. The van der Waals surface area contributed by atoms with Crippen LogP contribution >= 0.6 is 0 Å². The van der Waals surface area contributed by atoms with Crippen molar-refractivity contribution >= 4 is 12.0 Å². The molecule has 5 nitrogen and oxygen atoms in total. The van der Waals surface area contributed by atoms with Crippen molar-refractivity contribution in [3.8, 4) is 11.1 Å². The Morgan fingerprint density at radius 1 is 1.07 bits per heavy atom. The first-order valence-corrected chi connectivity index (χ1v) is 9.79. The average Bonchev–Trinajstić information content (AvgIpc) is 2.74. The van der Waals surface area contributed by atoms with Crippen LogP contribution in [0, 0.1) is 0 Å². The first-order valence-electron chi connectivity index (χ1n) is 9.79. The average molecular weight is 420 g/mol. The van der Waals surface area contributed by atoms with Crippen molar-refractivity contribution in [3.05, 3.63) is 59.7 Å². The molecule has 1 aliphatic rings. The molecule has 0 aliphatic carbocycles. The Bertz CT molecular complexity index is 889.